The lowest BCUT2D eigenvalue weighted by Gasteiger charge is -2.26. The van der Waals surface area contributed by atoms with E-state index >= 15 is 0 Å². The van der Waals surface area contributed by atoms with Crippen LogP contribution in [0.25, 0.3) is 11.5 Å². The van der Waals surface area contributed by atoms with Crippen molar-refractivity contribution >= 4 is 5.91 Å². The maximum Gasteiger partial charge on any atom is 0.260 e. The van der Waals surface area contributed by atoms with Gasteiger partial charge in [0.05, 0.1) is 6.61 Å². The van der Waals surface area contributed by atoms with E-state index in [-0.39, 0.29) is 18.4 Å². The fourth-order valence-electron chi connectivity index (χ4n) is 3.35. The van der Waals surface area contributed by atoms with Crippen molar-refractivity contribution in [1.29, 1.82) is 0 Å². The Hall–Kier alpha value is -2.41. The van der Waals surface area contributed by atoms with Crippen molar-refractivity contribution in [1.82, 2.24) is 15.0 Å². The molecule has 7 nitrogen and oxygen atoms in total. The summed E-state index contributed by atoms with van der Waals surface area (Å²) in [5, 5.41) is 4.07. The van der Waals surface area contributed by atoms with E-state index in [0.717, 1.165) is 44.5 Å². The van der Waals surface area contributed by atoms with E-state index in [0.29, 0.717) is 24.1 Å². The molecule has 0 spiro atoms. The van der Waals surface area contributed by atoms with Gasteiger partial charge in [0, 0.05) is 31.2 Å². The Kier molecular flexibility index (Phi) is 5.15. The Labute approximate surface area is 152 Å². The first-order valence-electron chi connectivity index (χ1n) is 9.22. The molecule has 0 N–H and O–H groups in total. The van der Waals surface area contributed by atoms with E-state index in [4.69, 9.17) is 14.0 Å². The van der Waals surface area contributed by atoms with Crippen molar-refractivity contribution in [3.8, 4) is 17.2 Å². The maximum absolute atomic E-state index is 12.2. The summed E-state index contributed by atoms with van der Waals surface area (Å²) in [5.74, 6) is 2.01. The van der Waals surface area contributed by atoms with Gasteiger partial charge in [0.1, 0.15) is 5.75 Å². The number of piperidine rings is 1. The van der Waals surface area contributed by atoms with Crippen molar-refractivity contribution in [2.75, 3.05) is 32.9 Å². The SMILES string of the molecule is O=C(COc1cccc(-c2nc([C@@H]3CCOC3)no2)c1)N1CCCCC1. The molecule has 0 aliphatic carbocycles. The first-order valence-corrected chi connectivity index (χ1v) is 9.22. The molecule has 1 aromatic heterocycles. The molecule has 2 saturated heterocycles. The highest BCUT2D eigenvalue weighted by atomic mass is 16.5. The highest BCUT2D eigenvalue weighted by Gasteiger charge is 2.23. The smallest absolute Gasteiger partial charge is 0.260 e. The molecule has 2 aliphatic heterocycles. The van der Waals surface area contributed by atoms with Crippen LogP contribution in [0.2, 0.25) is 0 Å². The van der Waals surface area contributed by atoms with Gasteiger partial charge in [-0.05, 0) is 43.9 Å². The number of hydrogen-bond donors (Lipinski definition) is 0. The number of hydrogen-bond acceptors (Lipinski definition) is 6. The van der Waals surface area contributed by atoms with Gasteiger partial charge in [-0.3, -0.25) is 4.79 Å². The fourth-order valence-corrected chi connectivity index (χ4v) is 3.35. The van der Waals surface area contributed by atoms with Gasteiger partial charge in [0.15, 0.2) is 12.4 Å². The van der Waals surface area contributed by atoms with Gasteiger partial charge in [-0.1, -0.05) is 11.2 Å². The minimum Gasteiger partial charge on any atom is -0.484 e. The van der Waals surface area contributed by atoms with Crippen LogP contribution >= 0.6 is 0 Å². The summed E-state index contributed by atoms with van der Waals surface area (Å²) in [5.41, 5.74) is 0.783. The molecule has 138 valence electrons. The monoisotopic (exact) mass is 357 g/mol. The summed E-state index contributed by atoms with van der Waals surface area (Å²) >= 11 is 0. The van der Waals surface area contributed by atoms with Crippen LogP contribution < -0.4 is 4.74 Å². The minimum absolute atomic E-state index is 0.0383. The lowest BCUT2D eigenvalue weighted by molar-refractivity contribution is -0.134. The summed E-state index contributed by atoms with van der Waals surface area (Å²) in [6, 6.07) is 7.40. The molecule has 2 aliphatic rings. The number of aromatic nitrogens is 2. The van der Waals surface area contributed by atoms with Crippen LogP contribution in [0, 0.1) is 0 Å². The lowest BCUT2D eigenvalue weighted by Crippen LogP contribution is -2.38. The van der Waals surface area contributed by atoms with Gasteiger partial charge in [0.25, 0.3) is 11.8 Å². The normalized spacial score (nSPS) is 20.3. The van der Waals surface area contributed by atoms with Crippen LogP contribution in [-0.4, -0.2) is 53.9 Å². The summed E-state index contributed by atoms with van der Waals surface area (Å²) in [6.07, 6.45) is 4.27. The zero-order valence-electron chi connectivity index (χ0n) is 14.7. The third-order valence-electron chi connectivity index (χ3n) is 4.89. The molecule has 1 atom stereocenters. The van der Waals surface area contributed by atoms with Gasteiger partial charge in [0.2, 0.25) is 0 Å². The van der Waals surface area contributed by atoms with Crippen molar-refractivity contribution < 1.29 is 18.8 Å². The number of benzene rings is 1. The molecule has 0 unspecified atom stereocenters. The van der Waals surface area contributed by atoms with Crippen molar-refractivity contribution in [2.24, 2.45) is 0 Å². The van der Waals surface area contributed by atoms with Crippen LogP contribution in [0.4, 0.5) is 0 Å². The molecule has 2 fully saturated rings. The molecule has 1 aromatic carbocycles. The van der Waals surface area contributed by atoms with Crippen LogP contribution in [0.3, 0.4) is 0 Å². The second-order valence-electron chi connectivity index (χ2n) is 6.78. The van der Waals surface area contributed by atoms with Crippen LogP contribution in [-0.2, 0) is 9.53 Å². The molecule has 4 rings (SSSR count). The third kappa shape index (κ3) is 3.88. The molecule has 7 heteroatoms. The fraction of sp³-hybridized carbons (Fsp3) is 0.526. The topological polar surface area (TPSA) is 77.7 Å². The lowest BCUT2D eigenvalue weighted by atomic mass is 10.1. The summed E-state index contributed by atoms with van der Waals surface area (Å²) in [7, 11) is 0. The standard InChI is InChI=1S/C19H23N3O4/c23-17(22-8-2-1-3-9-22)13-25-16-6-4-5-14(11-16)19-20-18(21-26-19)15-7-10-24-12-15/h4-6,11,15H,1-3,7-10,12-13H2/t15-/m1/s1. The van der Waals surface area contributed by atoms with Crippen molar-refractivity contribution in [3.05, 3.63) is 30.1 Å². The van der Waals surface area contributed by atoms with Gasteiger partial charge < -0.3 is 18.9 Å². The molecule has 2 aromatic rings. The molecule has 0 saturated carbocycles. The van der Waals surface area contributed by atoms with Crippen LogP contribution in [0.15, 0.2) is 28.8 Å². The van der Waals surface area contributed by atoms with Crippen LogP contribution in [0.1, 0.15) is 37.4 Å². The first-order chi connectivity index (χ1) is 12.8. The van der Waals surface area contributed by atoms with Crippen molar-refractivity contribution in [3.63, 3.8) is 0 Å². The Morgan fingerprint density at radius 2 is 2.15 bits per heavy atom. The van der Waals surface area contributed by atoms with E-state index in [2.05, 4.69) is 10.1 Å². The molecule has 1 amide bonds. The number of ether oxygens (including phenoxy) is 2. The number of likely N-dealkylation sites (tertiary alicyclic amines) is 1. The van der Waals surface area contributed by atoms with E-state index < -0.39 is 0 Å². The molecular weight excluding hydrogens is 334 g/mol. The quantitative estimate of drug-likeness (QED) is 0.819. The number of carbonyl (C=O) groups is 1. The first kappa shape index (κ1) is 17.0. The van der Waals surface area contributed by atoms with Gasteiger partial charge >= 0.3 is 0 Å². The zero-order chi connectivity index (χ0) is 17.8. The second kappa shape index (κ2) is 7.86. The van der Waals surface area contributed by atoms with E-state index in [1.807, 2.05) is 29.2 Å². The van der Waals surface area contributed by atoms with Gasteiger partial charge in [-0.15, -0.1) is 0 Å². The number of carbonyl (C=O) groups excluding carboxylic acids is 1. The average molecular weight is 357 g/mol. The molecule has 3 heterocycles. The Morgan fingerprint density at radius 3 is 2.96 bits per heavy atom. The Bertz CT molecular complexity index is 749. The van der Waals surface area contributed by atoms with Gasteiger partial charge in [-0.2, -0.15) is 4.98 Å². The Balaban J connectivity index is 1.39. The Morgan fingerprint density at radius 1 is 1.27 bits per heavy atom. The molecule has 0 radical (unpaired) electrons. The summed E-state index contributed by atoms with van der Waals surface area (Å²) in [4.78, 5) is 18.6. The van der Waals surface area contributed by atoms with E-state index in [9.17, 15) is 4.79 Å². The highest BCUT2D eigenvalue weighted by Crippen LogP contribution is 2.27. The molecule has 0 bridgehead atoms. The minimum atomic E-state index is 0.0383. The van der Waals surface area contributed by atoms with E-state index in [1.165, 1.54) is 6.42 Å². The second-order valence-corrected chi connectivity index (χ2v) is 6.78. The van der Waals surface area contributed by atoms with E-state index in [1.54, 1.807) is 0 Å². The van der Waals surface area contributed by atoms with Gasteiger partial charge in [-0.25, -0.2) is 0 Å². The average Bonchev–Trinajstić information content (AvgIpc) is 3.38. The summed E-state index contributed by atoms with van der Waals surface area (Å²) in [6.45, 7) is 3.09. The summed E-state index contributed by atoms with van der Waals surface area (Å²) < 4.78 is 16.5. The third-order valence-corrected chi connectivity index (χ3v) is 4.89. The number of amides is 1. The number of rotatable bonds is 5. The van der Waals surface area contributed by atoms with Crippen LogP contribution in [0.5, 0.6) is 5.75 Å². The van der Waals surface area contributed by atoms with Crippen molar-refractivity contribution in [2.45, 2.75) is 31.6 Å². The molecule has 26 heavy (non-hydrogen) atoms. The maximum atomic E-state index is 12.2. The predicted octanol–water partition coefficient (Wildman–Crippen LogP) is 2.63. The highest BCUT2D eigenvalue weighted by molar-refractivity contribution is 5.77. The predicted molar refractivity (Wildman–Crippen MR) is 93.8 cm³/mol. The largest absolute Gasteiger partial charge is 0.484 e. The zero-order valence-corrected chi connectivity index (χ0v) is 14.7. The number of nitrogens with zero attached hydrogens (tertiary/aromatic N) is 3. The molecular formula is C19H23N3O4.